The number of carbonyl (C=O) groups excluding carboxylic acids is 2. The first-order chi connectivity index (χ1) is 42.0. The van der Waals surface area contributed by atoms with Gasteiger partial charge in [0.25, 0.3) is 28.3 Å². The number of nitrogens with zero attached hydrogens (tertiary/aromatic N) is 7. The molecule has 3 aliphatic heterocycles. The minimum atomic E-state index is -3.20. The van der Waals surface area contributed by atoms with Gasteiger partial charge in [-0.25, -0.2) is 32.4 Å². The van der Waals surface area contributed by atoms with Crippen molar-refractivity contribution in [2.45, 2.75) is 137 Å². The second-order valence-electron chi connectivity index (χ2n) is 21.7. The lowest BCUT2D eigenvalue weighted by molar-refractivity contribution is -0.113. The smallest absolute Gasteiger partial charge is 0.352 e. The van der Waals surface area contributed by atoms with Crippen molar-refractivity contribution in [3.63, 3.8) is 0 Å². The first-order valence-electron chi connectivity index (χ1n) is 27.8. The van der Waals surface area contributed by atoms with Gasteiger partial charge in [-0.1, -0.05) is 90.1 Å². The Kier molecular flexibility index (Phi) is 22.6. The molecule has 0 bridgehead atoms. The predicted molar refractivity (Wildman–Crippen MR) is 315 cm³/mol. The van der Waals surface area contributed by atoms with Crippen molar-refractivity contribution < 1.29 is 62.1 Å². The average Bonchev–Trinajstić information content (AvgIpc) is 2.67. The maximum atomic E-state index is 12.7. The largest absolute Gasteiger partial charge is 0.459 e. The van der Waals surface area contributed by atoms with Crippen LogP contribution in [0.2, 0.25) is 0 Å². The fourth-order valence-corrected chi connectivity index (χ4v) is 11.3. The standard InChI is InChI=1S/C24H19N3O7.C16H26O2S.C10H12N4O4.C10H11N3O5/c25-15-24(27-12-11-20(28)26-23(27)31)19(33-22(30)17-9-5-2-6-10-17)13-18(34-24)14-32-21(29)16-7-3-1-4-8-16;1-10(2)13-8-14(11(3)4)16(19(7,17)18)15(9-13)12(5)6;11-5-10(7(16)3-6(4-15)18-10)14-2-1-8(12)13-9(14)17;11-5-10(7(15)3-6(4-14)18-10)13-2-1-8(16)12-9(13)17/h1-12,18-19H,13-14H2,(H,26,28,31);8-12H,1-7H3;1-2,6-7,15-16H,3-4H2,(H2,12,13,17);1-2,6-7,14-15H,3-4H2,(H,12,16,17)/t18-,19+,24+;;2*6-,7+,10+/m0.00/s1. The number of carbonyl (C=O) groups is 2. The Bertz CT molecular complexity index is 4030. The molecular formula is C60H68N10O18S. The number of ether oxygens (including phenoxy) is 5. The van der Waals surface area contributed by atoms with Crippen molar-refractivity contribution in [3.05, 3.63) is 190 Å². The van der Waals surface area contributed by atoms with Gasteiger partial charge in [0.2, 0.25) is 0 Å². The lowest BCUT2D eigenvalue weighted by atomic mass is 9.89. The van der Waals surface area contributed by atoms with E-state index in [1.807, 2.05) is 11.1 Å². The lowest BCUT2D eigenvalue weighted by Gasteiger charge is -2.28. The maximum absolute atomic E-state index is 12.7. The molecule has 0 radical (unpaired) electrons. The van der Waals surface area contributed by atoms with E-state index >= 15 is 0 Å². The van der Waals surface area contributed by atoms with Crippen LogP contribution in [-0.4, -0.2) is 132 Å². The highest BCUT2D eigenvalue weighted by molar-refractivity contribution is 7.90. The number of aromatic amines is 2. The first kappa shape index (κ1) is 68.9. The van der Waals surface area contributed by atoms with Crippen LogP contribution in [0.15, 0.2) is 138 Å². The summed E-state index contributed by atoms with van der Waals surface area (Å²) < 4.78 is 54.2. The van der Waals surface area contributed by atoms with E-state index in [1.165, 1.54) is 36.2 Å². The number of nitrogens with one attached hydrogen (secondary N) is 2. The number of aliphatic hydroxyl groups excluding tert-OH is 4. The van der Waals surface area contributed by atoms with Gasteiger partial charge < -0.3 is 49.8 Å². The summed E-state index contributed by atoms with van der Waals surface area (Å²) in [5, 5.41) is 66.2. The van der Waals surface area contributed by atoms with Crippen molar-refractivity contribution in [3.8, 4) is 18.2 Å². The summed E-state index contributed by atoms with van der Waals surface area (Å²) in [5.74, 6) is -0.494. The number of anilines is 1. The summed E-state index contributed by atoms with van der Waals surface area (Å²) in [6.07, 6.45) is -1.32. The van der Waals surface area contributed by atoms with Gasteiger partial charge in [0.15, 0.2) is 15.9 Å². The second-order valence-corrected chi connectivity index (χ2v) is 23.7. The van der Waals surface area contributed by atoms with Gasteiger partial charge in [0.1, 0.15) is 42.8 Å². The molecule has 0 aliphatic carbocycles. The molecular weight excluding hydrogens is 1180 g/mol. The molecule has 29 heteroatoms. The number of hydrogen-bond acceptors (Lipinski definition) is 23. The highest BCUT2D eigenvalue weighted by Crippen LogP contribution is 2.39. The van der Waals surface area contributed by atoms with E-state index in [2.05, 4.69) is 63.6 Å². The van der Waals surface area contributed by atoms with Crippen LogP contribution in [0.1, 0.15) is 116 Å². The third-order valence-electron chi connectivity index (χ3n) is 14.4. The van der Waals surface area contributed by atoms with Gasteiger partial charge >= 0.3 is 29.0 Å². The maximum Gasteiger partial charge on any atom is 0.352 e. The molecule has 89 heavy (non-hydrogen) atoms. The van der Waals surface area contributed by atoms with E-state index in [1.54, 1.807) is 60.7 Å². The van der Waals surface area contributed by atoms with Crippen LogP contribution >= 0.6 is 0 Å². The molecule has 8 N–H and O–H groups in total. The fraction of sp³-hybridized carbons (Fsp3) is 0.417. The topological polar surface area (TPSA) is 437 Å². The van der Waals surface area contributed by atoms with Crippen LogP contribution < -0.4 is 33.9 Å². The third-order valence-corrected chi connectivity index (χ3v) is 15.6. The number of nitriles is 3. The molecule has 0 spiro atoms. The summed E-state index contributed by atoms with van der Waals surface area (Å²) in [6.45, 7) is 11.5. The van der Waals surface area contributed by atoms with Gasteiger partial charge in [-0.3, -0.25) is 33.3 Å². The van der Waals surface area contributed by atoms with Crippen molar-refractivity contribution >= 4 is 27.6 Å². The first-order valence-corrected chi connectivity index (χ1v) is 29.7. The van der Waals surface area contributed by atoms with E-state index in [9.17, 15) is 68.0 Å². The van der Waals surface area contributed by atoms with Crippen molar-refractivity contribution in [2.75, 3.05) is 31.8 Å². The Morgan fingerprint density at radius 3 is 1.47 bits per heavy atom. The van der Waals surface area contributed by atoms with Crippen LogP contribution in [0.25, 0.3) is 0 Å². The molecule has 3 aromatic carbocycles. The van der Waals surface area contributed by atoms with Gasteiger partial charge in [-0.2, -0.15) is 20.8 Å². The lowest BCUT2D eigenvalue weighted by Crippen LogP contribution is -2.50. The SMILES string of the molecule is CC(C)c1cc(C(C)C)c(S(C)(=O)=O)c(C(C)C)c1.N#C[C@@]1(n2ccc(=O)[nH]c2=O)O[C@H](CO)C[C@H]1O.N#C[C@@]1(n2ccc(=O)[nH]c2=O)O[C@H](COC(=O)c2ccccc2)C[C@H]1OC(=O)c1ccccc1.N#C[C@@]1(n2ccc(N)nc2=O)O[C@H](CO)C[C@H]1O. The van der Waals surface area contributed by atoms with Gasteiger partial charge in [-0.15, -0.1) is 0 Å². The molecule has 3 saturated heterocycles. The molecule has 0 amide bonds. The molecule has 472 valence electrons. The summed E-state index contributed by atoms with van der Waals surface area (Å²) in [7, 11) is -3.20. The van der Waals surface area contributed by atoms with Gasteiger partial charge in [-0.05, 0) is 64.8 Å². The van der Waals surface area contributed by atoms with E-state index in [-0.39, 0.29) is 62.3 Å². The number of aromatic nitrogens is 6. The number of rotatable bonds is 14. The van der Waals surface area contributed by atoms with E-state index < -0.39 is 104 Å². The molecule has 6 aromatic rings. The second kappa shape index (κ2) is 29.2. The minimum absolute atomic E-state index is 0.00975. The number of esters is 2. The quantitative estimate of drug-likeness (QED) is 0.0767. The zero-order valence-electron chi connectivity index (χ0n) is 49.5. The Hall–Kier alpha value is -9.22. The van der Waals surface area contributed by atoms with Crippen molar-refractivity contribution in [1.82, 2.24) is 28.7 Å². The average molecular weight is 1250 g/mol. The summed E-state index contributed by atoms with van der Waals surface area (Å²) >= 11 is 0. The summed E-state index contributed by atoms with van der Waals surface area (Å²) in [6, 6.07) is 29.4. The molecule has 3 fully saturated rings. The zero-order chi connectivity index (χ0) is 65.8. The molecule has 9 rings (SSSR count). The Morgan fingerprint density at radius 2 is 1.08 bits per heavy atom. The fourth-order valence-electron chi connectivity index (χ4n) is 9.86. The number of hydrogen-bond donors (Lipinski definition) is 7. The molecule has 9 atom stereocenters. The predicted octanol–water partition coefficient (Wildman–Crippen LogP) is 2.04. The molecule has 0 saturated carbocycles. The van der Waals surface area contributed by atoms with Crippen LogP contribution in [0.4, 0.5) is 5.82 Å². The molecule has 3 aromatic heterocycles. The molecule has 0 unspecified atom stereocenters. The summed E-state index contributed by atoms with van der Waals surface area (Å²) in [4.78, 5) is 91.4. The number of nitrogens with two attached hydrogens (primary N) is 1. The normalized spacial score (nSPS) is 23.5. The highest BCUT2D eigenvalue weighted by Gasteiger charge is 2.55. The van der Waals surface area contributed by atoms with Crippen molar-refractivity contribution in [1.29, 1.82) is 15.8 Å². The third kappa shape index (κ3) is 15.6. The van der Waals surface area contributed by atoms with E-state index in [0.717, 1.165) is 49.4 Å². The Labute approximate surface area is 509 Å². The Morgan fingerprint density at radius 1 is 0.652 bits per heavy atom. The number of aliphatic hydroxyl groups is 4. The molecule has 28 nitrogen and oxygen atoms in total. The van der Waals surface area contributed by atoms with Crippen LogP contribution in [-0.2, 0) is 50.7 Å². The van der Waals surface area contributed by atoms with E-state index in [4.69, 9.17) is 39.6 Å². The van der Waals surface area contributed by atoms with Gasteiger partial charge in [0, 0.05) is 56.2 Å². The van der Waals surface area contributed by atoms with E-state index in [0.29, 0.717) is 16.4 Å². The zero-order valence-corrected chi connectivity index (χ0v) is 50.3. The number of sulfone groups is 1. The minimum Gasteiger partial charge on any atom is -0.459 e. The number of nitrogen functional groups attached to an aromatic ring is 1. The molecule has 3 aliphatic rings. The van der Waals surface area contributed by atoms with Crippen molar-refractivity contribution in [2.24, 2.45) is 0 Å². The van der Waals surface area contributed by atoms with Crippen LogP contribution in [0.3, 0.4) is 0 Å². The molecule has 6 heterocycles. The van der Waals surface area contributed by atoms with Crippen LogP contribution in [0, 0.1) is 34.0 Å². The monoisotopic (exact) mass is 1250 g/mol. The number of benzene rings is 3. The Balaban J connectivity index is 0.000000199. The van der Waals surface area contributed by atoms with Crippen LogP contribution in [0.5, 0.6) is 0 Å². The highest BCUT2D eigenvalue weighted by atomic mass is 32.2. The van der Waals surface area contributed by atoms with Gasteiger partial charge in [0.05, 0.1) is 47.5 Å². The summed E-state index contributed by atoms with van der Waals surface area (Å²) in [5.41, 5.74) is -0.689. The number of H-pyrrole nitrogens is 2.